The highest BCUT2D eigenvalue weighted by molar-refractivity contribution is 5.92. The molecule has 4 aromatic rings. The van der Waals surface area contributed by atoms with Crippen LogP contribution in [0, 0.1) is 0 Å². The normalized spacial score (nSPS) is 11.0. The Bertz CT molecular complexity index is 1070. The Morgan fingerprint density at radius 1 is 0.394 bits per heavy atom. The van der Waals surface area contributed by atoms with Crippen LogP contribution in [0.2, 0.25) is 0 Å². The van der Waals surface area contributed by atoms with E-state index in [0.29, 0.717) is 0 Å². The van der Waals surface area contributed by atoms with Crippen LogP contribution >= 0.6 is 0 Å². The first-order chi connectivity index (χ1) is 16.0. The Hall–Kier alpha value is -3.72. The van der Waals surface area contributed by atoms with Gasteiger partial charge in [-0.05, 0) is 106 Å². The monoisotopic (exact) mass is 438 g/mol. The van der Waals surface area contributed by atoms with Crippen LogP contribution < -0.4 is 0 Å². The van der Waals surface area contributed by atoms with E-state index in [1.807, 2.05) is 36.4 Å². The Balaban J connectivity index is 2.18. The quantitative estimate of drug-likeness (QED) is 0.292. The van der Waals surface area contributed by atoms with E-state index in [9.17, 15) is 15.3 Å². The maximum absolute atomic E-state index is 9.91. The number of phenolic OH excluding ortho intramolecular Hbond substituents is 3. The van der Waals surface area contributed by atoms with Gasteiger partial charge >= 0.3 is 0 Å². The molecule has 0 atom stereocenters. The van der Waals surface area contributed by atoms with Crippen LogP contribution in [0.5, 0.6) is 17.2 Å². The predicted octanol–water partition coefficient (Wildman–Crippen LogP) is 7.49. The van der Waals surface area contributed by atoms with Crippen molar-refractivity contribution in [3.63, 3.8) is 0 Å². The fourth-order valence-corrected chi connectivity index (χ4v) is 4.91. The summed E-state index contributed by atoms with van der Waals surface area (Å²) in [4.78, 5) is 0. The van der Waals surface area contributed by atoms with Crippen molar-refractivity contribution in [2.24, 2.45) is 0 Å². The van der Waals surface area contributed by atoms with Crippen LogP contribution in [0.3, 0.4) is 0 Å². The van der Waals surface area contributed by atoms with Crippen molar-refractivity contribution in [1.29, 1.82) is 0 Å². The minimum atomic E-state index is 0.248. The Kier molecular flexibility index (Phi) is 6.41. The van der Waals surface area contributed by atoms with E-state index in [1.54, 1.807) is 36.4 Å². The van der Waals surface area contributed by atoms with Gasteiger partial charge in [0.05, 0.1) is 0 Å². The molecule has 0 unspecified atom stereocenters. The van der Waals surface area contributed by atoms with Gasteiger partial charge in [-0.3, -0.25) is 0 Å². The fraction of sp³-hybridized carbons (Fsp3) is 0.200. The molecule has 33 heavy (non-hydrogen) atoms. The Morgan fingerprint density at radius 2 is 0.606 bits per heavy atom. The highest BCUT2D eigenvalue weighted by Crippen LogP contribution is 2.46. The molecule has 0 bridgehead atoms. The van der Waals surface area contributed by atoms with E-state index in [4.69, 9.17) is 0 Å². The highest BCUT2D eigenvalue weighted by Gasteiger charge is 2.24. The summed E-state index contributed by atoms with van der Waals surface area (Å²) < 4.78 is 0. The van der Waals surface area contributed by atoms with Crippen LogP contribution in [-0.4, -0.2) is 15.3 Å². The molecule has 0 saturated heterocycles. The third-order valence-electron chi connectivity index (χ3n) is 6.34. The average molecular weight is 439 g/mol. The lowest BCUT2D eigenvalue weighted by atomic mass is 9.77. The zero-order valence-corrected chi connectivity index (χ0v) is 19.4. The minimum Gasteiger partial charge on any atom is -0.508 e. The van der Waals surface area contributed by atoms with Crippen LogP contribution in [0.1, 0.15) is 37.5 Å². The summed E-state index contributed by atoms with van der Waals surface area (Å²) >= 11 is 0. The second-order valence-electron chi connectivity index (χ2n) is 8.26. The molecule has 0 aromatic heterocycles. The van der Waals surface area contributed by atoms with Gasteiger partial charge in [0.1, 0.15) is 17.2 Å². The first kappa shape index (κ1) is 22.5. The summed E-state index contributed by atoms with van der Waals surface area (Å²) in [5.41, 5.74) is 10.6. The van der Waals surface area contributed by atoms with Crippen molar-refractivity contribution in [1.82, 2.24) is 0 Å². The van der Waals surface area contributed by atoms with Crippen molar-refractivity contribution in [3.8, 4) is 50.6 Å². The zero-order valence-electron chi connectivity index (χ0n) is 19.4. The van der Waals surface area contributed by atoms with Gasteiger partial charge in [0.25, 0.3) is 0 Å². The highest BCUT2D eigenvalue weighted by atomic mass is 16.3. The second kappa shape index (κ2) is 9.41. The van der Waals surface area contributed by atoms with Crippen LogP contribution in [0.4, 0.5) is 0 Å². The molecule has 3 nitrogen and oxygen atoms in total. The number of benzene rings is 4. The van der Waals surface area contributed by atoms with Gasteiger partial charge in [0.2, 0.25) is 0 Å². The van der Waals surface area contributed by atoms with E-state index in [1.165, 1.54) is 33.4 Å². The standard InChI is InChI=1S/C30H30O3/c1-4-25-28(19-7-13-22(31)14-8-19)26(5-2)30(21-11-17-24(33)18-12-21)27(6-3)29(25)20-9-15-23(32)16-10-20/h7-18,31-33H,4-6H2,1-3H3. The van der Waals surface area contributed by atoms with Crippen molar-refractivity contribution in [2.75, 3.05) is 0 Å². The lowest BCUT2D eigenvalue weighted by Crippen LogP contribution is -2.06. The molecular weight excluding hydrogens is 408 g/mol. The molecule has 3 heteroatoms. The van der Waals surface area contributed by atoms with Crippen molar-refractivity contribution in [2.45, 2.75) is 40.0 Å². The van der Waals surface area contributed by atoms with Gasteiger partial charge in [-0.25, -0.2) is 0 Å². The molecule has 3 N–H and O–H groups in total. The molecule has 0 radical (unpaired) electrons. The van der Waals surface area contributed by atoms with Crippen LogP contribution in [0.15, 0.2) is 72.8 Å². The summed E-state index contributed by atoms with van der Waals surface area (Å²) in [6.45, 7) is 6.55. The van der Waals surface area contributed by atoms with Gasteiger partial charge < -0.3 is 15.3 Å². The van der Waals surface area contributed by atoms with Gasteiger partial charge in [-0.2, -0.15) is 0 Å². The van der Waals surface area contributed by atoms with Gasteiger partial charge in [0, 0.05) is 0 Å². The fourth-order valence-electron chi connectivity index (χ4n) is 4.91. The predicted molar refractivity (Wildman–Crippen MR) is 136 cm³/mol. The molecule has 0 aliphatic heterocycles. The molecule has 0 spiro atoms. The molecule has 168 valence electrons. The largest absolute Gasteiger partial charge is 0.508 e. The van der Waals surface area contributed by atoms with Gasteiger partial charge in [-0.15, -0.1) is 0 Å². The average Bonchev–Trinajstić information content (AvgIpc) is 2.84. The molecule has 0 amide bonds. The third kappa shape index (κ3) is 4.19. The zero-order chi connectivity index (χ0) is 23.5. The van der Waals surface area contributed by atoms with Crippen molar-refractivity contribution in [3.05, 3.63) is 89.5 Å². The molecule has 4 aromatic carbocycles. The van der Waals surface area contributed by atoms with E-state index in [-0.39, 0.29) is 17.2 Å². The number of rotatable bonds is 6. The van der Waals surface area contributed by atoms with E-state index in [0.717, 1.165) is 36.0 Å². The topological polar surface area (TPSA) is 60.7 Å². The molecule has 0 aliphatic rings. The lowest BCUT2D eigenvalue weighted by molar-refractivity contribution is 0.475. The summed E-state index contributed by atoms with van der Waals surface area (Å²) in [6, 6.07) is 22.3. The summed E-state index contributed by atoms with van der Waals surface area (Å²) in [5.74, 6) is 0.743. The van der Waals surface area contributed by atoms with Crippen LogP contribution in [0.25, 0.3) is 33.4 Å². The molecule has 0 saturated carbocycles. The first-order valence-electron chi connectivity index (χ1n) is 11.6. The summed E-state index contributed by atoms with van der Waals surface area (Å²) in [7, 11) is 0. The maximum atomic E-state index is 9.91. The summed E-state index contributed by atoms with van der Waals surface area (Å²) in [5, 5.41) is 29.7. The van der Waals surface area contributed by atoms with Gasteiger partial charge in [-0.1, -0.05) is 57.2 Å². The summed E-state index contributed by atoms with van der Waals surface area (Å²) in [6.07, 6.45) is 2.55. The molecule has 0 heterocycles. The second-order valence-corrected chi connectivity index (χ2v) is 8.26. The molecule has 0 aliphatic carbocycles. The smallest absolute Gasteiger partial charge is 0.115 e. The lowest BCUT2D eigenvalue weighted by Gasteiger charge is -2.27. The van der Waals surface area contributed by atoms with Crippen LogP contribution in [-0.2, 0) is 19.3 Å². The van der Waals surface area contributed by atoms with Crippen molar-refractivity contribution >= 4 is 0 Å². The Labute approximate surface area is 195 Å². The van der Waals surface area contributed by atoms with E-state index in [2.05, 4.69) is 20.8 Å². The minimum absolute atomic E-state index is 0.248. The number of hydrogen-bond donors (Lipinski definition) is 3. The van der Waals surface area contributed by atoms with E-state index < -0.39 is 0 Å². The first-order valence-corrected chi connectivity index (χ1v) is 11.6. The van der Waals surface area contributed by atoms with E-state index >= 15 is 0 Å². The van der Waals surface area contributed by atoms with Crippen molar-refractivity contribution < 1.29 is 15.3 Å². The SMILES string of the molecule is CCc1c(-c2ccc(O)cc2)c(CC)c(-c2ccc(O)cc2)c(CC)c1-c1ccc(O)cc1. The number of phenols is 3. The Morgan fingerprint density at radius 3 is 0.788 bits per heavy atom. The third-order valence-corrected chi connectivity index (χ3v) is 6.34. The number of aromatic hydroxyl groups is 3. The van der Waals surface area contributed by atoms with Gasteiger partial charge in [0.15, 0.2) is 0 Å². The maximum Gasteiger partial charge on any atom is 0.115 e. The molecule has 4 rings (SSSR count). The molecular formula is C30H30O3. The number of hydrogen-bond acceptors (Lipinski definition) is 3. The molecule has 0 fully saturated rings.